The molecule has 1 aromatic rings. The van der Waals surface area contributed by atoms with Crippen molar-refractivity contribution in [3.05, 3.63) is 27.9 Å². The molecule has 3 saturated heterocycles. The van der Waals surface area contributed by atoms with Crippen molar-refractivity contribution in [2.45, 2.75) is 32.0 Å². The minimum atomic E-state index is -0.539. The number of aryl methyl sites for hydroxylation is 1. The van der Waals surface area contributed by atoms with E-state index in [1.165, 1.54) is 6.07 Å². The lowest BCUT2D eigenvalue weighted by Crippen LogP contribution is -2.34. The van der Waals surface area contributed by atoms with Crippen molar-refractivity contribution in [2.75, 3.05) is 4.90 Å². The van der Waals surface area contributed by atoms with Crippen LogP contribution in [-0.2, 0) is 14.3 Å². The first-order chi connectivity index (χ1) is 10.5. The van der Waals surface area contributed by atoms with Crippen molar-refractivity contribution in [1.29, 1.82) is 0 Å². The molecule has 0 radical (unpaired) electrons. The van der Waals surface area contributed by atoms with Gasteiger partial charge in [-0.05, 0) is 25.8 Å². The monoisotopic (exact) mass is 303 g/mol. The van der Waals surface area contributed by atoms with Crippen LogP contribution in [0.25, 0.3) is 0 Å². The molecular weight excluding hydrogens is 290 g/mol. The Hall–Kier alpha value is -2.35. The van der Waals surface area contributed by atoms with Crippen molar-refractivity contribution < 1.29 is 19.2 Å². The predicted octanol–water partition coefficient (Wildman–Crippen LogP) is 0.965. The smallest absolute Gasteiger partial charge is 0.290 e. The minimum Gasteiger partial charge on any atom is -0.373 e. The molecule has 3 aliphatic rings. The van der Waals surface area contributed by atoms with Gasteiger partial charge in [0.1, 0.15) is 12.0 Å². The minimum absolute atomic E-state index is 0.133. The molecule has 0 saturated carbocycles. The van der Waals surface area contributed by atoms with Gasteiger partial charge in [0.2, 0.25) is 11.8 Å². The number of rotatable bonds is 2. The van der Waals surface area contributed by atoms with Gasteiger partial charge in [0, 0.05) is 5.56 Å². The number of anilines is 1. The molecule has 114 valence electrons. The number of imide groups is 1. The van der Waals surface area contributed by atoms with Crippen LogP contribution in [0.2, 0.25) is 0 Å². The van der Waals surface area contributed by atoms with Gasteiger partial charge in [0.05, 0.1) is 29.0 Å². The van der Waals surface area contributed by atoms with Crippen molar-refractivity contribution in [1.82, 2.24) is 4.98 Å². The first kappa shape index (κ1) is 13.3. The van der Waals surface area contributed by atoms with Crippen LogP contribution >= 0.6 is 0 Å². The van der Waals surface area contributed by atoms with Crippen molar-refractivity contribution in [3.63, 3.8) is 0 Å². The lowest BCUT2D eigenvalue weighted by atomic mass is 9.81. The van der Waals surface area contributed by atoms with Crippen LogP contribution in [0, 0.1) is 28.9 Å². The van der Waals surface area contributed by atoms with Gasteiger partial charge in [0.25, 0.3) is 5.69 Å². The summed E-state index contributed by atoms with van der Waals surface area (Å²) in [6.07, 6.45) is 2.31. The van der Waals surface area contributed by atoms with Gasteiger partial charge >= 0.3 is 0 Å². The summed E-state index contributed by atoms with van der Waals surface area (Å²) in [4.78, 5) is 40.4. The highest BCUT2D eigenvalue weighted by Gasteiger charge is 2.62. The Morgan fingerprint density at radius 3 is 2.36 bits per heavy atom. The third kappa shape index (κ3) is 1.58. The van der Waals surface area contributed by atoms with Crippen molar-refractivity contribution in [3.8, 4) is 0 Å². The lowest BCUT2D eigenvalue weighted by molar-refractivity contribution is -0.385. The highest BCUT2D eigenvalue weighted by Crippen LogP contribution is 2.49. The highest BCUT2D eigenvalue weighted by atomic mass is 16.6. The van der Waals surface area contributed by atoms with E-state index in [-0.39, 0.29) is 35.5 Å². The van der Waals surface area contributed by atoms with Gasteiger partial charge in [-0.2, -0.15) is 0 Å². The standard InChI is InChI=1S/C14H13N3O5/c1-6-4-10(15-5-7(6)17(20)21)16-13(18)11-8-2-3-9(22-8)12(11)14(16)19/h4-5,8-9,11-12H,2-3H2,1H3. The van der Waals surface area contributed by atoms with Gasteiger partial charge in [-0.1, -0.05) is 0 Å². The molecule has 3 aliphatic heterocycles. The summed E-state index contributed by atoms with van der Waals surface area (Å²) in [7, 11) is 0. The Bertz CT molecular complexity index is 690. The topological polar surface area (TPSA) is 103 Å². The third-order valence-corrected chi connectivity index (χ3v) is 4.78. The van der Waals surface area contributed by atoms with E-state index in [2.05, 4.69) is 4.98 Å². The first-order valence-corrected chi connectivity index (χ1v) is 7.13. The van der Waals surface area contributed by atoms with Crippen LogP contribution in [-0.4, -0.2) is 33.9 Å². The summed E-state index contributed by atoms with van der Waals surface area (Å²) in [6.45, 7) is 1.56. The molecule has 22 heavy (non-hydrogen) atoms. The second-order valence-electron chi connectivity index (χ2n) is 5.94. The molecule has 4 heterocycles. The van der Waals surface area contributed by atoms with Crippen LogP contribution in [0.1, 0.15) is 18.4 Å². The SMILES string of the molecule is Cc1cc(N2C(=O)C3C4CCC(O4)C3C2=O)ncc1[N+](=O)[O-]. The van der Waals surface area contributed by atoms with Crippen molar-refractivity contribution >= 4 is 23.3 Å². The fourth-order valence-electron chi connectivity index (χ4n) is 3.79. The predicted molar refractivity (Wildman–Crippen MR) is 73.0 cm³/mol. The second-order valence-corrected chi connectivity index (χ2v) is 5.94. The van der Waals surface area contributed by atoms with E-state index in [0.717, 1.165) is 23.9 Å². The quantitative estimate of drug-likeness (QED) is 0.458. The van der Waals surface area contributed by atoms with E-state index in [4.69, 9.17) is 4.74 Å². The molecule has 2 bridgehead atoms. The highest BCUT2D eigenvalue weighted by molar-refractivity contribution is 6.22. The van der Waals surface area contributed by atoms with E-state index < -0.39 is 16.8 Å². The van der Waals surface area contributed by atoms with Crippen LogP contribution in [0.4, 0.5) is 11.5 Å². The largest absolute Gasteiger partial charge is 0.373 e. The maximum Gasteiger partial charge on any atom is 0.290 e. The molecule has 0 aromatic carbocycles. The molecule has 4 atom stereocenters. The molecule has 0 N–H and O–H groups in total. The lowest BCUT2D eigenvalue weighted by Gasteiger charge is -2.16. The summed E-state index contributed by atoms with van der Waals surface area (Å²) in [5, 5.41) is 10.8. The second kappa shape index (κ2) is 4.33. The van der Waals surface area contributed by atoms with E-state index in [9.17, 15) is 19.7 Å². The number of carbonyl (C=O) groups excluding carboxylic acids is 2. The average molecular weight is 303 g/mol. The fourth-order valence-corrected chi connectivity index (χ4v) is 3.79. The number of ether oxygens (including phenoxy) is 1. The number of aromatic nitrogens is 1. The number of amides is 2. The fraction of sp³-hybridized carbons (Fsp3) is 0.500. The molecule has 8 nitrogen and oxygen atoms in total. The summed E-state index contributed by atoms with van der Waals surface area (Å²) in [5.41, 5.74) is 0.235. The van der Waals surface area contributed by atoms with Gasteiger partial charge in [-0.15, -0.1) is 0 Å². The van der Waals surface area contributed by atoms with Crippen LogP contribution < -0.4 is 4.90 Å². The molecule has 1 aromatic heterocycles. The molecule has 3 fully saturated rings. The first-order valence-electron chi connectivity index (χ1n) is 7.13. The van der Waals surface area contributed by atoms with Gasteiger partial charge < -0.3 is 4.74 Å². The third-order valence-electron chi connectivity index (χ3n) is 4.78. The van der Waals surface area contributed by atoms with Crippen LogP contribution in [0.5, 0.6) is 0 Å². The summed E-state index contributed by atoms with van der Waals surface area (Å²) in [5.74, 6) is -1.30. The summed E-state index contributed by atoms with van der Waals surface area (Å²) >= 11 is 0. The molecule has 4 unspecified atom stereocenters. The Morgan fingerprint density at radius 2 is 1.86 bits per heavy atom. The van der Waals surface area contributed by atoms with Gasteiger partial charge in [-0.25, -0.2) is 9.88 Å². The number of nitro groups is 1. The molecular formula is C14H13N3O5. The molecule has 4 rings (SSSR count). The zero-order chi connectivity index (χ0) is 15.6. The summed E-state index contributed by atoms with van der Waals surface area (Å²) < 4.78 is 5.66. The Kier molecular flexibility index (Phi) is 2.62. The maximum absolute atomic E-state index is 12.6. The van der Waals surface area contributed by atoms with Gasteiger partial charge in [0.15, 0.2) is 0 Å². The number of nitrogens with zero attached hydrogens (tertiary/aromatic N) is 3. The van der Waals surface area contributed by atoms with Crippen molar-refractivity contribution in [2.24, 2.45) is 11.8 Å². The number of hydrogen-bond acceptors (Lipinski definition) is 6. The van der Waals surface area contributed by atoms with E-state index in [1.807, 2.05) is 0 Å². The van der Waals surface area contributed by atoms with Crippen LogP contribution in [0.3, 0.4) is 0 Å². The molecule has 0 spiro atoms. The maximum atomic E-state index is 12.6. The number of hydrogen-bond donors (Lipinski definition) is 0. The number of fused-ring (bicyclic) bond motifs is 5. The average Bonchev–Trinajstić information content (AvgIpc) is 3.12. The molecule has 8 heteroatoms. The summed E-state index contributed by atoms with van der Waals surface area (Å²) in [6, 6.07) is 1.41. The molecule has 2 amide bonds. The normalized spacial score (nSPS) is 32.7. The van der Waals surface area contributed by atoms with Gasteiger partial charge in [-0.3, -0.25) is 19.7 Å². The Labute approximate surface area is 125 Å². The molecule has 0 aliphatic carbocycles. The number of carbonyl (C=O) groups is 2. The van der Waals surface area contributed by atoms with E-state index in [1.54, 1.807) is 6.92 Å². The Balaban J connectivity index is 1.72. The zero-order valence-electron chi connectivity index (χ0n) is 11.8. The van der Waals surface area contributed by atoms with E-state index >= 15 is 0 Å². The van der Waals surface area contributed by atoms with E-state index in [0.29, 0.717) is 5.56 Å². The number of pyridine rings is 1. The van der Waals surface area contributed by atoms with Crippen LogP contribution in [0.15, 0.2) is 12.3 Å². The Morgan fingerprint density at radius 1 is 1.27 bits per heavy atom. The zero-order valence-corrected chi connectivity index (χ0v) is 11.8.